The van der Waals surface area contributed by atoms with E-state index in [9.17, 15) is 9.90 Å². The average molecular weight is 383 g/mol. The predicted octanol–water partition coefficient (Wildman–Crippen LogP) is 4.97. The van der Waals surface area contributed by atoms with Gasteiger partial charge in [0, 0.05) is 5.56 Å². The number of thiazole rings is 1. The minimum Gasteiger partial charge on any atom is -0.493 e. The fourth-order valence-electron chi connectivity index (χ4n) is 2.73. The minimum absolute atomic E-state index is 0.283. The molecule has 0 unspecified atom stereocenters. The second-order valence-corrected chi connectivity index (χ2v) is 7.03. The molecule has 1 heterocycles. The van der Waals surface area contributed by atoms with Crippen LogP contribution in [-0.2, 0) is 13.0 Å². The molecule has 0 bridgehead atoms. The van der Waals surface area contributed by atoms with E-state index in [0.717, 1.165) is 16.7 Å². The topological polar surface area (TPSA) is 68.7 Å². The van der Waals surface area contributed by atoms with Crippen molar-refractivity contribution in [3.8, 4) is 22.1 Å². The summed E-state index contributed by atoms with van der Waals surface area (Å²) in [5, 5.41) is 10.0. The van der Waals surface area contributed by atoms with Crippen molar-refractivity contribution in [2.24, 2.45) is 0 Å². The zero-order valence-corrected chi connectivity index (χ0v) is 16.3. The average Bonchev–Trinajstić information content (AvgIpc) is 3.12. The number of rotatable bonds is 7. The van der Waals surface area contributed by atoms with Gasteiger partial charge >= 0.3 is 5.97 Å². The van der Waals surface area contributed by atoms with Crippen molar-refractivity contribution < 1.29 is 19.4 Å². The zero-order valence-electron chi connectivity index (χ0n) is 15.5. The highest BCUT2D eigenvalue weighted by Gasteiger charge is 2.18. The van der Waals surface area contributed by atoms with Crippen molar-refractivity contribution in [1.82, 2.24) is 4.98 Å². The Morgan fingerprint density at radius 1 is 1.19 bits per heavy atom. The number of aromatic carboxylic acids is 1. The number of carboxylic acids is 1. The highest BCUT2D eigenvalue weighted by atomic mass is 32.1. The maximum atomic E-state index is 11.4. The van der Waals surface area contributed by atoms with Crippen molar-refractivity contribution in [1.29, 1.82) is 0 Å². The minimum atomic E-state index is -0.944. The Labute approximate surface area is 162 Å². The number of benzene rings is 2. The van der Waals surface area contributed by atoms with E-state index in [0.29, 0.717) is 35.2 Å². The number of nitrogens with zero attached hydrogens (tertiary/aromatic N) is 1. The Hall–Kier alpha value is -2.86. The third kappa shape index (κ3) is 4.11. The first-order valence-corrected chi connectivity index (χ1v) is 9.43. The number of hydrogen-bond donors (Lipinski definition) is 1. The van der Waals surface area contributed by atoms with Crippen LogP contribution >= 0.6 is 11.3 Å². The monoisotopic (exact) mass is 383 g/mol. The first-order valence-electron chi connectivity index (χ1n) is 8.62. The van der Waals surface area contributed by atoms with Gasteiger partial charge in [0.2, 0.25) is 0 Å². The SMILES string of the molecule is CCc1nc(-c2ccc(OC)c(OCc3ccccc3C)c2)sc1C(=O)O. The fraction of sp³-hybridized carbons (Fsp3) is 0.238. The fourth-order valence-corrected chi connectivity index (χ4v) is 3.72. The molecule has 1 aromatic heterocycles. The van der Waals surface area contributed by atoms with Crippen molar-refractivity contribution in [3.05, 3.63) is 64.2 Å². The normalized spacial score (nSPS) is 10.6. The summed E-state index contributed by atoms with van der Waals surface area (Å²) in [4.78, 5) is 16.2. The van der Waals surface area contributed by atoms with Gasteiger partial charge in [0.25, 0.3) is 0 Å². The summed E-state index contributed by atoms with van der Waals surface area (Å²) in [6.07, 6.45) is 0.574. The van der Waals surface area contributed by atoms with E-state index in [1.807, 2.05) is 56.3 Å². The number of aromatic nitrogens is 1. The molecule has 0 radical (unpaired) electrons. The summed E-state index contributed by atoms with van der Waals surface area (Å²) in [6, 6.07) is 13.6. The lowest BCUT2D eigenvalue weighted by Crippen LogP contribution is -1.99. The third-order valence-corrected chi connectivity index (χ3v) is 5.42. The van der Waals surface area contributed by atoms with Crippen LogP contribution in [0.1, 0.15) is 33.4 Å². The van der Waals surface area contributed by atoms with Gasteiger partial charge in [-0.3, -0.25) is 0 Å². The largest absolute Gasteiger partial charge is 0.493 e. The number of ether oxygens (including phenoxy) is 2. The summed E-state index contributed by atoms with van der Waals surface area (Å²) < 4.78 is 11.4. The van der Waals surface area contributed by atoms with Gasteiger partial charge in [-0.05, 0) is 42.7 Å². The quantitative estimate of drug-likeness (QED) is 0.624. The number of methoxy groups -OCH3 is 1. The van der Waals surface area contributed by atoms with Crippen LogP contribution in [0, 0.1) is 6.92 Å². The molecule has 0 amide bonds. The van der Waals surface area contributed by atoms with Crippen LogP contribution in [-0.4, -0.2) is 23.2 Å². The predicted molar refractivity (Wildman–Crippen MR) is 106 cm³/mol. The van der Waals surface area contributed by atoms with Crippen LogP contribution in [0.2, 0.25) is 0 Å². The summed E-state index contributed by atoms with van der Waals surface area (Å²) in [5.41, 5.74) is 3.66. The molecule has 5 nitrogen and oxygen atoms in total. The number of carbonyl (C=O) groups is 1. The van der Waals surface area contributed by atoms with E-state index < -0.39 is 5.97 Å². The van der Waals surface area contributed by atoms with Gasteiger partial charge in [-0.2, -0.15) is 0 Å². The highest BCUT2D eigenvalue weighted by molar-refractivity contribution is 7.17. The van der Waals surface area contributed by atoms with Gasteiger partial charge in [0.1, 0.15) is 16.5 Å². The van der Waals surface area contributed by atoms with Crippen LogP contribution < -0.4 is 9.47 Å². The van der Waals surface area contributed by atoms with Gasteiger partial charge in [-0.25, -0.2) is 9.78 Å². The lowest BCUT2D eigenvalue weighted by molar-refractivity contribution is 0.0701. The van der Waals surface area contributed by atoms with Gasteiger partial charge in [0.15, 0.2) is 11.5 Å². The summed E-state index contributed by atoms with van der Waals surface area (Å²) in [7, 11) is 1.59. The second kappa shape index (κ2) is 8.22. The van der Waals surface area contributed by atoms with Crippen LogP contribution in [0.15, 0.2) is 42.5 Å². The van der Waals surface area contributed by atoms with E-state index in [1.165, 1.54) is 11.3 Å². The van der Waals surface area contributed by atoms with Crippen molar-refractivity contribution >= 4 is 17.3 Å². The van der Waals surface area contributed by atoms with E-state index >= 15 is 0 Å². The molecule has 0 saturated heterocycles. The molecule has 27 heavy (non-hydrogen) atoms. The van der Waals surface area contributed by atoms with Gasteiger partial charge in [-0.15, -0.1) is 11.3 Å². The summed E-state index contributed by atoms with van der Waals surface area (Å²) >= 11 is 1.18. The molecule has 6 heteroatoms. The zero-order chi connectivity index (χ0) is 19.4. The molecule has 0 fully saturated rings. The Bertz CT molecular complexity index is 965. The Balaban J connectivity index is 1.92. The first kappa shape index (κ1) is 18.9. The first-order chi connectivity index (χ1) is 13.0. The highest BCUT2D eigenvalue weighted by Crippen LogP contribution is 2.36. The molecule has 0 aliphatic carbocycles. The molecule has 0 aliphatic heterocycles. The molecule has 0 atom stereocenters. The Morgan fingerprint density at radius 3 is 2.59 bits per heavy atom. The van der Waals surface area contributed by atoms with E-state index in [4.69, 9.17) is 9.47 Å². The maximum Gasteiger partial charge on any atom is 0.347 e. The molecule has 0 aliphatic rings. The van der Waals surface area contributed by atoms with Crippen LogP contribution in [0.4, 0.5) is 0 Å². The lowest BCUT2D eigenvalue weighted by atomic mass is 10.1. The van der Waals surface area contributed by atoms with Crippen molar-refractivity contribution in [3.63, 3.8) is 0 Å². The molecule has 2 aromatic carbocycles. The molecule has 3 rings (SSSR count). The molecular weight excluding hydrogens is 362 g/mol. The summed E-state index contributed by atoms with van der Waals surface area (Å²) in [6.45, 7) is 4.36. The number of aryl methyl sites for hydroxylation is 2. The van der Waals surface area contributed by atoms with Crippen LogP contribution in [0.3, 0.4) is 0 Å². The van der Waals surface area contributed by atoms with Gasteiger partial charge < -0.3 is 14.6 Å². The Morgan fingerprint density at radius 2 is 1.96 bits per heavy atom. The van der Waals surface area contributed by atoms with Crippen molar-refractivity contribution in [2.45, 2.75) is 26.9 Å². The number of hydrogen-bond acceptors (Lipinski definition) is 5. The van der Waals surface area contributed by atoms with Gasteiger partial charge in [0.05, 0.1) is 12.8 Å². The lowest BCUT2D eigenvalue weighted by Gasteiger charge is -2.13. The molecule has 1 N–H and O–H groups in total. The summed E-state index contributed by atoms with van der Waals surface area (Å²) in [5.74, 6) is 0.279. The van der Waals surface area contributed by atoms with Gasteiger partial charge in [-0.1, -0.05) is 31.2 Å². The van der Waals surface area contributed by atoms with E-state index in [-0.39, 0.29) is 4.88 Å². The van der Waals surface area contributed by atoms with Crippen LogP contribution in [0.5, 0.6) is 11.5 Å². The van der Waals surface area contributed by atoms with Crippen LogP contribution in [0.25, 0.3) is 10.6 Å². The molecule has 0 spiro atoms. The standard InChI is InChI=1S/C21H21NO4S/c1-4-16-19(21(23)24)27-20(22-16)14-9-10-17(25-3)18(11-14)26-12-15-8-6-5-7-13(15)2/h5-11H,4,12H2,1-3H3,(H,23,24). The maximum absolute atomic E-state index is 11.4. The third-order valence-electron chi connectivity index (χ3n) is 4.28. The second-order valence-electron chi connectivity index (χ2n) is 6.03. The molecular formula is C21H21NO4S. The molecule has 140 valence electrons. The Kier molecular flexibility index (Phi) is 5.76. The molecule has 0 saturated carbocycles. The van der Waals surface area contributed by atoms with E-state index in [1.54, 1.807) is 7.11 Å². The molecule has 3 aromatic rings. The van der Waals surface area contributed by atoms with Crippen molar-refractivity contribution in [2.75, 3.05) is 7.11 Å². The van der Waals surface area contributed by atoms with E-state index in [2.05, 4.69) is 4.98 Å². The smallest absolute Gasteiger partial charge is 0.347 e. The number of carboxylic acid groups (broad SMARTS) is 1.